The maximum Gasteiger partial charge on any atom is 0.226 e. The number of para-hydroxylation sites is 1. The number of hydrogen-bond donors (Lipinski definition) is 2. The lowest BCUT2D eigenvalue weighted by Gasteiger charge is -2.35. The Labute approximate surface area is 166 Å². The number of Topliss-reactive ketones (excluding diaryl/α,β-unsaturated/α-hetero) is 1. The molecule has 2 heterocycles. The molecule has 1 aliphatic carbocycles. The van der Waals surface area contributed by atoms with Gasteiger partial charge in [-0.15, -0.1) is 0 Å². The number of carbonyl (C=O) groups excluding carboxylic acids is 1. The van der Waals surface area contributed by atoms with Crippen LogP contribution in [-0.2, 0) is 4.79 Å². The fourth-order valence-electron chi connectivity index (χ4n) is 4.16. The van der Waals surface area contributed by atoms with Gasteiger partial charge in [-0.05, 0) is 35.7 Å². The van der Waals surface area contributed by atoms with Crippen LogP contribution in [0.25, 0.3) is 0 Å². The minimum atomic E-state index is -0.344. The quantitative estimate of drug-likeness (QED) is 0.687. The summed E-state index contributed by atoms with van der Waals surface area (Å²) in [6.07, 6.45) is 2.44. The average Bonchev–Trinajstić information content (AvgIpc) is 3.15. The largest absolute Gasteiger partial charge is 0.508 e. The van der Waals surface area contributed by atoms with E-state index in [0.29, 0.717) is 29.4 Å². The molecule has 2 N–H and O–H groups in total. The van der Waals surface area contributed by atoms with Gasteiger partial charge in [0.05, 0.1) is 0 Å². The maximum atomic E-state index is 13.2. The van der Waals surface area contributed by atoms with Crippen molar-refractivity contribution < 1.29 is 9.90 Å². The van der Waals surface area contributed by atoms with Gasteiger partial charge in [0.25, 0.3) is 0 Å². The molecule has 0 fully saturated rings. The van der Waals surface area contributed by atoms with E-state index in [1.165, 1.54) is 6.33 Å². The van der Waals surface area contributed by atoms with Crippen molar-refractivity contribution in [3.05, 3.63) is 82.3 Å². The van der Waals surface area contributed by atoms with Crippen LogP contribution < -0.4 is 5.32 Å². The van der Waals surface area contributed by atoms with Gasteiger partial charge in [-0.2, -0.15) is 10.1 Å². The summed E-state index contributed by atoms with van der Waals surface area (Å²) in [7, 11) is 0. The van der Waals surface area contributed by atoms with E-state index in [9.17, 15) is 9.90 Å². The fraction of sp³-hybridized carbons (Fsp3) is 0.190. The van der Waals surface area contributed by atoms with E-state index in [0.717, 1.165) is 16.8 Å². The highest BCUT2D eigenvalue weighted by Gasteiger charge is 2.39. The minimum absolute atomic E-state index is 0.0445. The summed E-state index contributed by atoms with van der Waals surface area (Å²) in [6.45, 7) is 0. The van der Waals surface area contributed by atoms with E-state index in [1.54, 1.807) is 16.8 Å². The third kappa shape index (κ3) is 2.68. The second kappa shape index (κ2) is 6.49. The zero-order valence-electron chi connectivity index (χ0n) is 14.8. The molecule has 0 saturated heterocycles. The number of rotatable bonds is 2. The van der Waals surface area contributed by atoms with Crippen LogP contribution in [0.2, 0.25) is 5.02 Å². The predicted octanol–water partition coefficient (Wildman–Crippen LogP) is 4.05. The van der Waals surface area contributed by atoms with Crippen LogP contribution in [-0.4, -0.2) is 25.7 Å². The Bertz CT molecular complexity index is 1100. The Hall–Kier alpha value is -3.12. The van der Waals surface area contributed by atoms with Crippen LogP contribution in [0.3, 0.4) is 0 Å². The Balaban J connectivity index is 1.61. The highest BCUT2D eigenvalue weighted by atomic mass is 35.5. The minimum Gasteiger partial charge on any atom is -0.508 e. The SMILES string of the molecule is O=C1C[C@@H](c2ccccc2O)CC2=C1[C@@H](c1ccc(Cl)cc1)n1ncnc1N2. The summed E-state index contributed by atoms with van der Waals surface area (Å²) in [4.78, 5) is 17.5. The normalized spacial score (nSPS) is 21.1. The number of ketones is 1. The molecule has 0 unspecified atom stereocenters. The summed E-state index contributed by atoms with van der Waals surface area (Å²) in [5.74, 6) is 0.783. The Morgan fingerprint density at radius 1 is 1.11 bits per heavy atom. The van der Waals surface area contributed by atoms with Crippen molar-refractivity contribution in [1.29, 1.82) is 0 Å². The predicted molar refractivity (Wildman–Crippen MR) is 105 cm³/mol. The van der Waals surface area contributed by atoms with Crippen molar-refractivity contribution in [3.63, 3.8) is 0 Å². The molecule has 0 amide bonds. The van der Waals surface area contributed by atoms with Crippen LogP contribution in [0.15, 0.2) is 66.1 Å². The lowest BCUT2D eigenvalue weighted by atomic mass is 9.77. The molecule has 0 saturated carbocycles. The Morgan fingerprint density at radius 2 is 1.89 bits per heavy atom. The Kier molecular flexibility index (Phi) is 3.94. The number of nitrogens with one attached hydrogen (secondary N) is 1. The van der Waals surface area contributed by atoms with E-state index in [1.807, 2.05) is 36.4 Å². The molecule has 140 valence electrons. The lowest BCUT2D eigenvalue weighted by molar-refractivity contribution is -0.116. The number of phenolic OH excluding ortho intramolecular Hbond substituents is 1. The number of nitrogens with zero attached hydrogens (tertiary/aromatic N) is 3. The molecular weight excluding hydrogens is 376 g/mol. The van der Waals surface area contributed by atoms with Gasteiger partial charge in [0.2, 0.25) is 5.95 Å². The first-order valence-electron chi connectivity index (χ1n) is 9.08. The third-order valence-corrected chi connectivity index (χ3v) is 5.68. The van der Waals surface area contributed by atoms with Gasteiger partial charge in [-0.3, -0.25) is 4.79 Å². The van der Waals surface area contributed by atoms with Crippen molar-refractivity contribution in [2.45, 2.75) is 24.8 Å². The topological polar surface area (TPSA) is 80.0 Å². The first-order chi connectivity index (χ1) is 13.6. The van der Waals surface area contributed by atoms with Crippen molar-refractivity contribution in [2.75, 3.05) is 5.32 Å². The second-order valence-electron chi connectivity index (χ2n) is 7.09. The third-order valence-electron chi connectivity index (χ3n) is 5.42. The number of allylic oxidation sites excluding steroid dienone is 2. The molecule has 0 radical (unpaired) electrons. The molecule has 6 nitrogen and oxygen atoms in total. The molecular formula is C21H17ClN4O2. The molecule has 7 heteroatoms. The number of halogens is 1. The second-order valence-corrected chi connectivity index (χ2v) is 7.52. The van der Waals surface area contributed by atoms with Crippen LogP contribution in [0.5, 0.6) is 5.75 Å². The van der Waals surface area contributed by atoms with Crippen LogP contribution >= 0.6 is 11.6 Å². The average molecular weight is 393 g/mol. The molecule has 1 aliphatic heterocycles. The smallest absolute Gasteiger partial charge is 0.226 e. The standard InChI is InChI=1S/C21H17ClN4O2/c22-14-7-5-12(6-8-14)20-19-16(25-21-23-11-24-26(20)21)9-13(10-18(19)28)15-3-1-2-4-17(15)27/h1-8,11,13,20,27H,9-10H2,(H,23,24,25)/t13-,20+/m0/s1. The number of carbonyl (C=O) groups is 1. The van der Waals surface area contributed by atoms with E-state index in [-0.39, 0.29) is 23.5 Å². The number of hydrogen-bond acceptors (Lipinski definition) is 5. The van der Waals surface area contributed by atoms with E-state index >= 15 is 0 Å². The van der Waals surface area contributed by atoms with Crippen molar-refractivity contribution in [2.24, 2.45) is 0 Å². The van der Waals surface area contributed by atoms with Crippen molar-refractivity contribution in [1.82, 2.24) is 14.8 Å². The number of phenols is 1. The molecule has 2 aliphatic rings. The summed E-state index contributed by atoms with van der Waals surface area (Å²) in [5.41, 5.74) is 3.26. The van der Waals surface area contributed by atoms with Gasteiger partial charge in [-0.25, -0.2) is 4.68 Å². The number of anilines is 1. The molecule has 2 atom stereocenters. The fourth-order valence-corrected chi connectivity index (χ4v) is 4.28. The number of benzene rings is 2. The zero-order valence-corrected chi connectivity index (χ0v) is 15.6. The molecule has 1 aromatic heterocycles. The van der Waals surface area contributed by atoms with Crippen LogP contribution in [0, 0.1) is 0 Å². The van der Waals surface area contributed by atoms with Gasteiger partial charge < -0.3 is 10.4 Å². The Morgan fingerprint density at radius 3 is 2.68 bits per heavy atom. The van der Waals surface area contributed by atoms with Gasteiger partial charge >= 0.3 is 0 Å². The van der Waals surface area contributed by atoms with E-state index < -0.39 is 0 Å². The lowest BCUT2D eigenvalue weighted by Crippen LogP contribution is -2.33. The summed E-state index contributed by atoms with van der Waals surface area (Å²) >= 11 is 6.05. The van der Waals surface area contributed by atoms with Gasteiger partial charge in [0, 0.05) is 28.6 Å². The summed E-state index contributed by atoms with van der Waals surface area (Å²) in [6, 6.07) is 14.3. The first kappa shape index (κ1) is 17.0. The first-order valence-corrected chi connectivity index (χ1v) is 9.45. The molecule has 0 bridgehead atoms. The molecule has 0 spiro atoms. The highest BCUT2D eigenvalue weighted by Crippen LogP contribution is 2.45. The molecule has 3 aromatic rings. The van der Waals surface area contributed by atoms with Gasteiger partial charge in [-0.1, -0.05) is 41.9 Å². The number of aromatic nitrogens is 3. The highest BCUT2D eigenvalue weighted by molar-refractivity contribution is 6.30. The van der Waals surface area contributed by atoms with Gasteiger partial charge in [0.15, 0.2) is 5.78 Å². The van der Waals surface area contributed by atoms with Crippen molar-refractivity contribution >= 4 is 23.3 Å². The molecule has 28 heavy (non-hydrogen) atoms. The number of fused-ring (bicyclic) bond motifs is 1. The zero-order chi connectivity index (χ0) is 19.3. The molecule has 2 aromatic carbocycles. The number of aromatic hydroxyl groups is 1. The van der Waals surface area contributed by atoms with Crippen LogP contribution in [0.1, 0.15) is 35.9 Å². The summed E-state index contributed by atoms with van der Waals surface area (Å²) in [5, 5.41) is 18.5. The van der Waals surface area contributed by atoms with E-state index in [2.05, 4.69) is 15.4 Å². The monoisotopic (exact) mass is 392 g/mol. The molecule has 5 rings (SSSR count). The van der Waals surface area contributed by atoms with E-state index in [4.69, 9.17) is 11.6 Å². The van der Waals surface area contributed by atoms with Crippen LogP contribution in [0.4, 0.5) is 5.95 Å². The van der Waals surface area contributed by atoms with Gasteiger partial charge in [0.1, 0.15) is 18.1 Å². The maximum absolute atomic E-state index is 13.2. The van der Waals surface area contributed by atoms with Crippen molar-refractivity contribution in [3.8, 4) is 5.75 Å². The summed E-state index contributed by atoms with van der Waals surface area (Å²) < 4.78 is 1.74.